The minimum Gasteiger partial charge on any atom is -0.480 e. The number of nitrogens with zero attached hydrogens (tertiary/aromatic N) is 2. The molecule has 2 aromatic rings. The Balaban J connectivity index is 2.14. The molecule has 4 unspecified atom stereocenters. The van der Waals surface area contributed by atoms with Gasteiger partial charge < -0.3 is 42.5 Å². The standard InChI is InChI=1S/C21H31N9O6/c1-10(2)17(30-18(32)13(22)3-11-6-24-8-26-11)20(34)28-14(4-12-7-25-9-27-12)19(33)29-15(21(35)36)5-16(23)31/h6-10,13-15,17H,3-5,22H2,1-2H3,(H2,23,31)(H,24,26)(H,25,27)(H,28,34)(H,29,33)(H,30,32)(H,35,36). The van der Waals surface area contributed by atoms with Gasteiger partial charge in [0.25, 0.3) is 0 Å². The van der Waals surface area contributed by atoms with E-state index in [4.69, 9.17) is 11.5 Å². The van der Waals surface area contributed by atoms with E-state index in [1.165, 1.54) is 25.0 Å². The summed E-state index contributed by atoms with van der Waals surface area (Å²) in [6, 6.07) is -4.86. The van der Waals surface area contributed by atoms with E-state index in [-0.39, 0.29) is 18.8 Å². The number of carboxylic acid groups (broad SMARTS) is 1. The van der Waals surface area contributed by atoms with Crippen LogP contribution in [0.15, 0.2) is 25.0 Å². The quantitative estimate of drug-likeness (QED) is 0.133. The van der Waals surface area contributed by atoms with Crippen LogP contribution in [0.1, 0.15) is 31.7 Å². The zero-order chi connectivity index (χ0) is 26.8. The number of rotatable bonds is 14. The molecule has 0 aliphatic heterocycles. The summed E-state index contributed by atoms with van der Waals surface area (Å²) in [7, 11) is 0. The number of carboxylic acids is 1. The van der Waals surface area contributed by atoms with E-state index in [9.17, 15) is 29.1 Å². The van der Waals surface area contributed by atoms with Crippen molar-refractivity contribution < 1.29 is 29.1 Å². The molecule has 0 radical (unpaired) electrons. The van der Waals surface area contributed by atoms with Crippen molar-refractivity contribution in [3.63, 3.8) is 0 Å². The van der Waals surface area contributed by atoms with Crippen LogP contribution in [-0.4, -0.2) is 78.8 Å². The van der Waals surface area contributed by atoms with E-state index in [1.54, 1.807) is 13.8 Å². The Kier molecular flexibility index (Phi) is 10.1. The number of nitrogens with one attached hydrogen (secondary N) is 5. The van der Waals surface area contributed by atoms with Gasteiger partial charge in [0.05, 0.1) is 25.1 Å². The van der Waals surface area contributed by atoms with Crippen molar-refractivity contribution >= 4 is 29.6 Å². The Labute approximate surface area is 206 Å². The van der Waals surface area contributed by atoms with Gasteiger partial charge in [0.2, 0.25) is 23.6 Å². The molecule has 0 bridgehead atoms. The van der Waals surface area contributed by atoms with Crippen molar-refractivity contribution in [1.29, 1.82) is 0 Å². The molecule has 0 spiro atoms. The number of amides is 4. The SMILES string of the molecule is CC(C)C(NC(=O)C(N)Cc1cnc[nH]1)C(=O)NC(Cc1cnc[nH]1)C(=O)NC(CC(N)=O)C(=O)O. The van der Waals surface area contributed by atoms with Gasteiger partial charge in [0.1, 0.15) is 18.1 Å². The summed E-state index contributed by atoms with van der Waals surface area (Å²) in [4.78, 5) is 74.7. The first-order valence-corrected chi connectivity index (χ1v) is 11.1. The predicted octanol–water partition coefficient (Wildman–Crippen LogP) is -2.68. The second-order valence-corrected chi connectivity index (χ2v) is 8.53. The molecule has 196 valence electrons. The normalized spacial score (nSPS) is 14.3. The zero-order valence-electron chi connectivity index (χ0n) is 19.9. The smallest absolute Gasteiger partial charge is 0.326 e. The first kappa shape index (κ1) is 28.0. The number of primary amides is 1. The topological polar surface area (TPSA) is 251 Å². The Morgan fingerprint density at radius 3 is 1.92 bits per heavy atom. The van der Waals surface area contributed by atoms with Crippen LogP contribution >= 0.6 is 0 Å². The summed E-state index contributed by atoms with van der Waals surface area (Å²) in [5.41, 5.74) is 12.1. The number of nitrogens with two attached hydrogens (primary N) is 2. The van der Waals surface area contributed by atoms with Gasteiger partial charge in [-0.1, -0.05) is 13.8 Å². The lowest BCUT2D eigenvalue weighted by molar-refractivity contribution is -0.143. The van der Waals surface area contributed by atoms with Gasteiger partial charge in [-0.2, -0.15) is 0 Å². The largest absolute Gasteiger partial charge is 0.480 e. The van der Waals surface area contributed by atoms with E-state index >= 15 is 0 Å². The number of imidazole rings is 2. The summed E-state index contributed by atoms with van der Waals surface area (Å²) < 4.78 is 0. The minimum atomic E-state index is -1.59. The number of carbonyl (C=O) groups is 5. The van der Waals surface area contributed by atoms with Crippen molar-refractivity contribution in [2.75, 3.05) is 0 Å². The molecule has 4 atom stereocenters. The summed E-state index contributed by atoms with van der Waals surface area (Å²) in [6.07, 6.45) is 5.25. The van der Waals surface area contributed by atoms with Gasteiger partial charge in [0.15, 0.2) is 0 Å². The Bertz CT molecular complexity index is 1040. The van der Waals surface area contributed by atoms with Crippen molar-refractivity contribution in [2.45, 2.75) is 57.3 Å². The lowest BCUT2D eigenvalue weighted by Gasteiger charge is -2.26. The summed E-state index contributed by atoms with van der Waals surface area (Å²) in [5.74, 6) is -4.91. The average molecular weight is 506 g/mol. The molecule has 2 aromatic heterocycles. The fourth-order valence-electron chi connectivity index (χ4n) is 3.28. The van der Waals surface area contributed by atoms with Gasteiger partial charge in [-0.3, -0.25) is 19.2 Å². The maximum atomic E-state index is 13.1. The summed E-state index contributed by atoms with van der Waals surface area (Å²) in [6.45, 7) is 3.39. The highest BCUT2D eigenvalue weighted by Crippen LogP contribution is 2.07. The Morgan fingerprint density at radius 1 is 0.889 bits per heavy atom. The van der Waals surface area contributed by atoms with E-state index in [0.29, 0.717) is 11.4 Å². The number of hydrogen-bond donors (Lipinski definition) is 8. The van der Waals surface area contributed by atoms with Crippen molar-refractivity contribution in [1.82, 2.24) is 35.9 Å². The summed E-state index contributed by atoms with van der Waals surface area (Å²) in [5, 5.41) is 16.7. The van der Waals surface area contributed by atoms with E-state index in [0.717, 1.165) is 0 Å². The lowest BCUT2D eigenvalue weighted by atomic mass is 10.0. The van der Waals surface area contributed by atoms with Crippen LogP contribution in [0.25, 0.3) is 0 Å². The molecule has 0 aromatic carbocycles. The molecule has 10 N–H and O–H groups in total. The molecule has 0 aliphatic rings. The fraction of sp³-hybridized carbons (Fsp3) is 0.476. The number of H-pyrrole nitrogens is 2. The van der Waals surface area contributed by atoms with Crippen LogP contribution in [0.3, 0.4) is 0 Å². The molecule has 15 heteroatoms. The number of carbonyl (C=O) groups excluding carboxylic acids is 4. The van der Waals surface area contributed by atoms with Crippen LogP contribution in [-0.2, 0) is 36.8 Å². The predicted molar refractivity (Wildman–Crippen MR) is 125 cm³/mol. The minimum absolute atomic E-state index is 0.0708. The molecule has 0 saturated carbocycles. The molecular weight excluding hydrogens is 474 g/mol. The molecule has 0 fully saturated rings. The first-order valence-electron chi connectivity index (χ1n) is 11.1. The molecule has 2 rings (SSSR count). The third-order valence-electron chi connectivity index (χ3n) is 5.21. The fourth-order valence-corrected chi connectivity index (χ4v) is 3.28. The van der Waals surface area contributed by atoms with Crippen LogP contribution in [0.5, 0.6) is 0 Å². The molecule has 0 saturated heterocycles. The van der Waals surface area contributed by atoms with Gasteiger partial charge >= 0.3 is 5.97 Å². The maximum absolute atomic E-state index is 13.1. The van der Waals surface area contributed by atoms with Crippen LogP contribution in [0, 0.1) is 5.92 Å². The monoisotopic (exact) mass is 505 g/mol. The van der Waals surface area contributed by atoms with Gasteiger partial charge in [-0.15, -0.1) is 0 Å². The molecule has 0 aliphatic carbocycles. The van der Waals surface area contributed by atoms with Crippen molar-refractivity contribution in [3.8, 4) is 0 Å². The number of hydrogen-bond acceptors (Lipinski definition) is 8. The Morgan fingerprint density at radius 2 is 1.44 bits per heavy atom. The first-order chi connectivity index (χ1) is 17.0. The third-order valence-corrected chi connectivity index (χ3v) is 5.21. The number of aromatic nitrogens is 4. The molecule has 4 amide bonds. The van der Waals surface area contributed by atoms with E-state index in [2.05, 4.69) is 35.9 Å². The second-order valence-electron chi connectivity index (χ2n) is 8.53. The van der Waals surface area contributed by atoms with Gasteiger partial charge in [-0.05, 0) is 5.92 Å². The Hall–Kier alpha value is -4.27. The maximum Gasteiger partial charge on any atom is 0.326 e. The molecule has 2 heterocycles. The molecular formula is C21H31N9O6. The number of aliphatic carboxylic acids is 1. The van der Waals surface area contributed by atoms with E-state index < -0.39 is 60.2 Å². The highest BCUT2D eigenvalue weighted by molar-refractivity contribution is 5.95. The highest BCUT2D eigenvalue weighted by Gasteiger charge is 2.32. The van der Waals surface area contributed by atoms with Gasteiger partial charge in [0, 0.05) is 36.6 Å². The lowest BCUT2D eigenvalue weighted by Crippen LogP contribution is -2.59. The van der Waals surface area contributed by atoms with E-state index in [1.807, 2.05) is 0 Å². The van der Waals surface area contributed by atoms with Gasteiger partial charge in [-0.25, -0.2) is 14.8 Å². The van der Waals surface area contributed by atoms with Crippen LogP contribution < -0.4 is 27.4 Å². The molecule has 15 nitrogen and oxygen atoms in total. The van der Waals surface area contributed by atoms with Crippen molar-refractivity contribution in [3.05, 3.63) is 36.4 Å². The van der Waals surface area contributed by atoms with Crippen molar-refractivity contribution in [2.24, 2.45) is 17.4 Å². The third kappa shape index (κ3) is 8.50. The summed E-state index contributed by atoms with van der Waals surface area (Å²) >= 11 is 0. The average Bonchev–Trinajstić information content (AvgIpc) is 3.49. The highest BCUT2D eigenvalue weighted by atomic mass is 16.4. The van der Waals surface area contributed by atoms with Crippen LogP contribution in [0.2, 0.25) is 0 Å². The second kappa shape index (κ2) is 13.0. The zero-order valence-corrected chi connectivity index (χ0v) is 19.9. The molecule has 36 heavy (non-hydrogen) atoms. The van der Waals surface area contributed by atoms with Crippen LogP contribution in [0.4, 0.5) is 0 Å². The number of aromatic amines is 2.